The van der Waals surface area contributed by atoms with E-state index < -0.39 is 4.92 Å². The summed E-state index contributed by atoms with van der Waals surface area (Å²) in [5, 5.41) is 19.7. The molecule has 31 heavy (non-hydrogen) atoms. The molecule has 0 radical (unpaired) electrons. The van der Waals surface area contributed by atoms with Crippen molar-refractivity contribution in [3.8, 4) is 11.5 Å². The first-order chi connectivity index (χ1) is 14.9. The lowest BCUT2D eigenvalue weighted by atomic mass is 10.2. The van der Waals surface area contributed by atoms with E-state index in [1.165, 1.54) is 25.4 Å². The standard InChI is InChI=1S/C21H19N5O4S/c1-13-10-16(30-17-8-9-23-19(12-17)20(27)22-2)6-7-18(13)25-21(31)24-14-4-3-5-15(11-14)26(28)29/h3-12H,1-2H3,(H,22,27)(H2,24,25,31). The lowest BCUT2D eigenvalue weighted by Gasteiger charge is -2.14. The van der Waals surface area contributed by atoms with Crippen LogP contribution >= 0.6 is 12.2 Å². The molecule has 9 nitrogen and oxygen atoms in total. The van der Waals surface area contributed by atoms with E-state index in [9.17, 15) is 14.9 Å². The number of non-ortho nitro benzene ring substituents is 1. The lowest BCUT2D eigenvalue weighted by Crippen LogP contribution is -2.19. The number of rotatable bonds is 6. The summed E-state index contributed by atoms with van der Waals surface area (Å²) in [5.74, 6) is 0.761. The average Bonchev–Trinajstić information content (AvgIpc) is 2.75. The highest BCUT2D eigenvalue weighted by Crippen LogP contribution is 2.26. The maximum absolute atomic E-state index is 11.7. The summed E-state index contributed by atoms with van der Waals surface area (Å²) in [7, 11) is 1.53. The van der Waals surface area contributed by atoms with Crippen LogP contribution < -0.4 is 20.7 Å². The predicted molar refractivity (Wildman–Crippen MR) is 122 cm³/mol. The lowest BCUT2D eigenvalue weighted by molar-refractivity contribution is -0.384. The number of hydrogen-bond donors (Lipinski definition) is 3. The fourth-order valence-corrected chi connectivity index (χ4v) is 2.91. The Morgan fingerprint density at radius 2 is 1.87 bits per heavy atom. The molecule has 2 aromatic carbocycles. The number of ether oxygens (including phenoxy) is 1. The number of benzene rings is 2. The van der Waals surface area contributed by atoms with Crippen LogP contribution in [0.3, 0.4) is 0 Å². The fraction of sp³-hybridized carbons (Fsp3) is 0.0952. The molecule has 0 saturated carbocycles. The van der Waals surface area contributed by atoms with Crippen LogP contribution in [-0.2, 0) is 0 Å². The van der Waals surface area contributed by atoms with Gasteiger partial charge in [-0.05, 0) is 55.0 Å². The van der Waals surface area contributed by atoms with Crippen LogP contribution in [0.2, 0.25) is 0 Å². The summed E-state index contributed by atoms with van der Waals surface area (Å²) in [6.45, 7) is 1.88. The van der Waals surface area contributed by atoms with Crippen LogP contribution in [0.15, 0.2) is 60.8 Å². The summed E-state index contributed by atoms with van der Waals surface area (Å²) in [6.07, 6.45) is 1.50. The minimum atomic E-state index is -0.467. The molecule has 1 heterocycles. The minimum absolute atomic E-state index is 0.0267. The van der Waals surface area contributed by atoms with E-state index in [-0.39, 0.29) is 17.3 Å². The molecule has 0 spiro atoms. The highest BCUT2D eigenvalue weighted by atomic mass is 32.1. The number of pyridine rings is 1. The quantitative estimate of drug-likeness (QED) is 0.297. The Morgan fingerprint density at radius 1 is 1.10 bits per heavy atom. The van der Waals surface area contributed by atoms with E-state index in [4.69, 9.17) is 17.0 Å². The van der Waals surface area contributed by atoms with Gasteiger partial charge in [-0.15, -0.1) is 0 Å². The van der Waals surface area contributed by atoms with Crippen molar-refractivity contribution in [1.82, 2.24) is 10.3 Å². The van der Waals surface area contributed by atoms with Gasteiger partial charge in [0.2, 0.25) is 0 Å². The summed E-state index contributed by atoms with van der Waals surface area (Å²) >= 11 is 5.31. The van der Waals surface area contributed by atoms with Gasteiger partial charge in [0, 0.05) is 42.8 Å². The van der Waals surface area contributed by atoms with Crippen LogP contribution in [0, 0.1) is 17.0 Å². The van der Waals surface area contributed by atoms with Crippen molar-refractivity contribution in [2.45, 2.75) is 6.92 Å². The van der Waals surface area contributed by atoms with Gasteiger partial charge < -0.3 is 20.7 Å². The molecule has 0 bridgehead atoms. The smallest absolute Gasteiger partial charge is 0.271 e. The first-order valence-corrected chi connectivity index (χ1v) is 9.55. The number of nitro benzene ring substituents is 1. The zero-order chi connectivity index (χ0) is 22.4. The molecule has 0 aliphatic heterocycles. The predicted octanol–water partition coefficient (Wildman–Crippen LogP) is 4.26. The molecule has 0 atom stereocenters. The van der Waals surface area contributed by atoms with Crippen molar-refractivity contribution < 1.29 is 14.5 Å². The Bertz CT molecular complexity index is 1150. The number of carbonyl (C=O) groups is 1. The summed E-state index contributed by atoms with van der Waals surface area (Å²) in [5.41, 5.74) is 2.35. The number of aromatic nitrogens is 1. The highest BCUT2D eigenvalue weighted by molar-refractivity contribution is 7.80. The summed E-state index contributed by atoms with van der Waals surface area (Å²) in [4.78, 5) is 26.2. The maximum atomic E-state index is 11.7. The van der Waals surface area contributed by atoms with Crippen molar-refractivity contribution in [3.63, 3.8) is 0 Å². The monoisotopic (exact) mass is 437 g/mol. The topological polar surface area (TPSA) is 118 Å². The van der Waals surface area contributed by atoms with E-state index in [1.807, 2.05) is 13.0 Å². The molecule has 158 valence electrons. The molecule has 3 rings (SSSR count). The summed E-state index contributed by atoms with van der Waals surface area (Å²) in [6, 6.07) is 14.7. The van der Waals surface area contributed by atoms with Gasteiger partial charge in [0.25, 0.3) is 11.6 Å². The second-order valence-corrected chi connectivity index (χ2v) is 6.83. The third-order valence-electron chi connectivity index (χ3n) is 4.19. The molecule has 3 N–H and O–H groups in total. The molecular weight excluding hydrogens is 418 g/mol. The van der Waals surface area contributed by atoms with E-state index in [1.54, 1.807) is 36.4 Å². The number of aryl methyl sites for hydroxylation is 1. The molecule has 0 aliphatic carbocycles. The van der Waals surface area contributed by atoms with Crippen LogP contribution in [-0.4, -0.2) is 28.0 Å². The van der Waals surface area contributed by atoms with Crippen molar-refractivity contribution in [2.24, 2.45) is 0 Å². The largest absolute Gasteiger partial charge is 0.457 e. The number of anilines is 2. The second-order valence-electron chi connectivity index (χ2n) is 6.42. The van der Waals surface area contributed by atoms with Gasteiger partial charge in [0.1, 0.15) is 17.2 Å². The molecule has 1 aromatic heterocycles. The van der Waals surface area contributed by atoms with Crippen LogP contribution in [0.4, 0.5) is 17.1 Å². The molecule has 0 fully saturated rings. The zero-order valence-corrected chi connectivity index (χ0v) is 17.5. The number of carbonyl (C=O) groups excluding carboxylic acids is 1. The van der Waals surface area contributed by atoms with Gasteiger partial charge in [-0.25, -0.2) is 0 Å². The van der Waals surface area contributed by atoms with Crippen LogP contribution in [0.1, 0.15) is 16.1 Å². The normalized spacial score (nSPS) is 10.1. The maximum Gasteiger partial charge on any atom is 0.271 e. The molecule has 0 aliphatic rings. The first-order valence-electron chi connectivity index (χ1n) is 9.15. The Balaban J connectivity index is 1.67. The molecule has 10 heteroatoms. The molecular formula is C21H19N5O4S. The molecule has 1 amide bonds. The van der Waals surface area contributed by atoms with Crippen LogP contribution in [0.25, 0.3) is 0 Å². The minimum Gasteiger partial charge on any atom is -0.457 e. The van der Waals surface area contributed by atoms with Gasteiger partial charge in [0.05, 0.1) is 4.92 Å². The van der Waals surface area contributed by atoms with E-state index in [0.717, 1.165) is 11.3 Å². The number of amides is 1. The zero-order valence-electron chi connectivity index (χ0n) is 16.7. The summed E-state index contributed by atoms with van der Waals surface area (Å²) < 4.78 is 5.83. The number of nitrogens with zero attached hydrogens (tertiary/aromatic N) is 2. The van der Waals surface area contributed by atoms with E-state index >= 15 is 0 Å². The first kappa shape index (κ1) is 21.7. The Kier molecular flexibility index (Phi) is 6.73. The third-order valence-corrected chi connectivity index (χ3v) is 4.39. The number of nitrogens with one attached hydrogen (secondary N) is 3. The SMILES string of the molecule is CNC(=O)c1cc(Oc2ccc(NC(=S)Nc3cccc([N+](=O)[O-])c3)c(C)c2)ccn1. The van der Waals surface area contributed by atoms with Crippen molar-refractivity contribution in [3.05, 3.63) is 82.2 Å². The van der Waals surface area contributed by atoms with Gasteiger partial charge in [-0.2, -0.15) is 0 Å². The number of thiocarbonyl (C=S) groups is 1. The Labute approximate surface area is 183 Å². The fourth-order valence-electron chi connectivity index (χ4n) is 2.68. The van der Waals surface area contributed by atoms with Crippen molar-refractivity contribution in [1.29, 1.82) is 0 Å². The third kappa shape index (κ3) is 5.73. The second kappa shape index (κ2) is 9.63. The van der Waals surface area contributed by atoms with Gasteiger partial charge >= 0.3 is 0 Å². The molecule has 3 aromatic rings. The van der Waals surface area contributed by atoms with Gasteiger partial charge in [-0.1, -0.05) is 6.07 Å². The number of nitro groups is 1. The average molecular weight is 437 g/mol. The van der Waals surface area contributed by atoms with Gasteiger partial charge in [0.15, 0.2) is 5.11 Å². The van der Waals surface area contributed by atoms with E-state index in [2.05, 4.69) is 20.9 Å². The van der Waals surface area contributed by atoms with Gasteiger partial charge in [-0.3, -0.25) is 19.9 Å². The Morgan fingerprint density at radius 3 is 2.58 bits per heavy atom. The molecule has 0 saturated heterocycles. The van der Waals surface area contributed by atoms with E-state index in [0.29, 0.717) is 22.3 Å². The Hall–Kier alpha value is -4.05. The van der Waals surface area contributed by atoms with Crippen molar-refractivity contribution in [2.75, 3.05) is 17.7 Å². The van der Waals surface area contributed by atoms with Crippen molar-refractivity contribution >= 4 is 40.3 Å². The molecule has 0 unspecified atom stereocenters. The number of hydrogen-bond acceptors (Lipinski definition) is 6. The van der Waals surface area contributed by atoms with Crippen LogP contribution in [0.5, 0.6) is 11.5 Å². The highest BCUT2D eigenvalue weighted by Gasteiger charge is 2.10.